The van der Waals surface area contributed by atoms with Gasteiger partial charge in [-0.2, -0.15) is 0 Å². The summed E-state index contributed by atoms with van der Waals surface area (Å²) in [5, 5.41) is 1.86. The molecule has 135 valence electrons. The molecule has 0 aliphatic carbocycles. The maximum atomic E-state index is 12.0. The van der Waals surface area contributed by atoms with Gasteiger partial charge in [0.15, 0.2) is 0 Å². The van der Waals surface area contributed by atoms with E-state index in [1.165, 1.54) is 16.7 Å². The van der Waals surface area contributed by atoms with Crippen LogP contribution in [0.25, 0.3) is 21.8 Å². The van der Waals surface area contributed by atoms with Crippen LogP contribution < -0.4 is 5.73 Å². The third-order valence-corrected chi connectivity index (χ3v) is 5.12. The number of nitrogens with zero attached hydrogens (tertiary/aromatic N) is 1. The lowest BCUT2D eigenvalue weighted by Gasteiger charge is -2.09. The summed E-state index contributed by atoms with van der Waals surface area (Å²) in [5.74, 6) is -0.402. The summed E-state index contributed by atoms with van der Waals surface area (Å²) in [4.78, 5) is 12.0. The maximum Gasteiger partial charge on any atom is 0.249 e. The third-order valence-electron chi connectivity index (χ3n) is 5.12. The van der Waals surface area contributed by atoms with Gasteiger partial charge in [0.25, 0.3) is 0 Å². The minimum atomic E-state index is -0.402. The Bertz CT molecular complexity index is 1140. The second kappa shape index (κ2) is 6.92. The first-order valence-electron chi connectivity index (χ1n) is 9.39. The van der Waals surface area contributed by atoms with Crippen molar-refractivity contribution >= 4 is 27.7 Å². The Labute approximate surface area is 159 Å². The van der Waals surface area contributed by atoms with Crippen LogP contribution in [0.4, 0.5) is 0 Å². The van der Waals surface area contributed by atoms with Gasteiger partial charge < -0.3 is 10.3 Å². The maximum absolute atomic E-state index is 12.0. The third kappa shape index (κ3) is 3.10. The van der Waals surface area contributed by atoms with Gasteiger partial charge in [-0.3, -0.25) is 4.79 Å². The van der Waals surface area contributed by atoms with Crippen LogP contribution in [-0.2, 0) is 13.0 Å². The number of aromatic nitrogens is 1. The van der Waals surface area contributed by atoms with Gasteiger partial charge >= 0.3 is 0 Å². The summed E-state index contributed by atoms with van der Waals surface area (Å²) in [5.41, 5.74) is 12.1. The van der Waals surface area contributed by atoms with Crippen molar-refractivity contribution in [1.29, 1.82) is 0 Å². The van der Waals surface area contributed by atoms with E-state index in [0.29, 0.717) is 5.56 Å². The first kappa shape index (κ1) is 17.3. The Balaban J connectivity index is 2.00. The van der Waals surface area contributed by atoms with Crippen LogP contribution >= 0.6 is 0 Å². The van der Waals surface area contributed by atoms with Gasteiger partial charge in [0.1, 0.15) is 0 Å². The molecule has 0 aliphatic heterocycles. The zero-order chi connectivity index (χ0) is 19.0. The molecule has 3 nitrogen and oxygen atoms in total. The molecule has 0 saturated carbocycles. The summed E-state index contributed by atoms with van der Waals surface area (Å²) in [6.45, 7) is 5.01. The topological polar surface area (TPSA) is 48.0 Å². The Morgan fingerprint density at radius 1 is 1.07 bits per heavy atom. The zero-order valence-corrected chi connectivity index (χ0v) is 15.8. The molecular formula is C24H23N2O. The van der Waals surface area contributed by atoms with Gasteiger partial charge in [-0.25, -0.2) is 0 Å². The lowest BCUT2D eigenvalue weighted by molar-refractivity contribution is 0.100. The molecule has 3 aromatic carbocycles. The summed E-state index contributed by atoms with van der Waals surface area (Å²) in [6, 6.07) is 22.0. The Kier molecular flexibility index (Phi) is 4.44. The van der Waals surface area contributed by atoms with Crippen LogP contribution in [-0.4, -0.2) is 10.5 Å². The smallest absolute Gasteiger partial charge is 0.249 e. The minimum absolute atomic E-state index is 0.402. The predicted octanol–water partition coefficient (Wildman–Crippen LogP) is 5.00. The fourth-order valence-corrected chi connectivity index (χ4v) is 3.78. The van der Waals surface area contributed by atoms with E-state index in [0.717, 1.165) is 41.2 Å². The summed E-state index contributed by atoms with van der Waals surface area (Å²) < 4.78 is 2.28. The van der Waals surface area contributed by atoms with Crippen molar-refractivity contribution < 1.29 is 4.79 Å². The van der Waals surface area contributed by atoms with Gasteiger partial charge in [0.2, 0.25) is 5.91 Å². The number of rotatable bonds is 5. The highest BCUT2D eigenvalue weighted by Crippen LogP contribution is 2.33. The molecule has 0 unspecified atom stereocenters. The van der Waals surface area contributed by atoms with Crippen LogP contribution in [0.2, 0.25) is 0 Å². The lowest BCUT2D eigenvalue weighted by Crippen LogP contribution is -2.11. The molecule has 1 aromatic heterocycles. The molecule has 0 spiro atoms. The van der Waals surface area contributed by atoms with Crippen LogP contribution in [0, 0.1) is 13.0 Å². The molecule has 2 N–H and O–H groups in total. The molecule has 4 aromatic rings. The first-order chi connectivity index (χ1) is 13.1. The van der Waals surface area contributed by atoms with E-state index in [1.54, 1.807) is 6.07 Å². The minimum Gasteiger partial charge on any atom is -0.366 e. The van der Waals surface area contributed by atoms with Crippen molar-refractivity contribution in [3.63, 3.8) is 0 Å². The molecule has 0 fully saturated rings. The van der Waals surface area contributed by atoms with Gasteiger partial charge in [0, 0.05) is 22.9 Å². The quantitative estimate of drug-likeness (QED) is 0.538. The van der Waals surface area contributed by atoms with Crippen molar-refractivity contribution in [2.45, 2.75) is 33.2 Å². The highest BCUT2D eigenvalue weighted by molar-refractivity contribution is 6.17. The average molecular weight is 355 g/mol. The second-order valence-corrected chi connectivity index (χ2v) is 7.15. The first-order valence-corrected chi connectivity index (χ1v) is 9.39. The monoisotopic (exact) mass is 355 g/mol. The number of aryl methyl sites for hydroxylation is 2. The molecule has 0 aliphatic rings. The van der Waals surface area contributed by atoms with E-state index in [-0.39, 0.29) is 0 Å². The number of fused-ring (bicyclic) bond motifs is 3. The van der Waals surface area contributed by atoms with Gasteiger partial charge in [-0.05, 0) is 48.7 Å². The summed E-state index contributed by atoms with van der Waals surface area (Å²) in [7, 11) is 0. The number of benzene rings is 3. The lowest BCUT2D eigenvalue weighted by atomic mass is 10.0. The van der Waals surface area contributed by atoms with Gasteiger partial charge in [-0.15, -0.1) is 0 Å². The Hall–Kier alpha value is -3.07. The van der Waals surface area contributed by atoms with E-state index in [4.69, 9.17) is 5.73 Å². The number of hydrogen-bond acceptors (Lipinski definition) is 1. The molecule has 3 heteroatoms. The molecule has 1 radical (unpaired) electrons. The van der Waals surface area contributed by atoms with Crippen LogP contribution in [0.1, 0.15) is 40.4 Å². The molecule has 1 heterocycles. The van der Waals surface area contributed by atoms with Gasteiger partial charge in [0.05, 0.1) is 11.0 Å². The average Bonchev–Trinajstić information content (AvgIpc) is 2.97. The van der Waals surface area contributed by atoms with Crippen LogP contribution in [0.15, 0.2) is 54.6 Å². The molecule has 27 heavy (non-hydrogen) atoms. The highest BCUT2D eigenvalue weighted by Gasteiger charge is 2.17. The standard InChI is InChI=1S/C24H23N2O/c1-3-5-17-12-13-19-22(14-17)26(15-18-10-8-16(2)9-11-18)21-7-4-6-20(23(19)21)24(25)27/h4,6-12,14H,3,5,15H2,1-2H3,(H2,25,27). The molecule has 0 saturated heterocycles. The summed E-state index contributed by atoms with van der Waals surface area (Å²) >= 11 is 0. The van der Waals surface area contributed by atoms with Crippen molar-refractivity contribution in [1.82, 2.24) is 4.57 Å². The number of primary amides is 1. The number of nitrogens with two attached hydrogens (primary N) is 1. The van der Waals surface area contributed by atoms with E-state index < -0.39 is 5.91 Å². The van der Waals surface area contributed by atoms with Crippen LogP contribution in [0.3, 0.4) is 0 Å². The predicted molar refractivity (Wildman–Crippen MR) is 111 cm³/mol. The molecular weight excluding hydrogens is 332 g/mol. The van der Waals surface area contributed by atoms with Crippen molar-refractivity contribution in [2.24, 2.45) is 5.73 Å². The van der Waals surface area contributed by atoms with Gasteiger partial charge in [-0.1, -0.05) is 55.3 Å². The van der Waals surface area contributed by atoms with Crippen molar-refractivity contribution in [3.8, 4) is 0 Å². The highest BCUT2D eigenvalue weighted by atomic mass is 16.1. The van der Waals surface area contributed by atoms with E-state index in [2.05, 4.69) is 60.9 Å². The molecule has 0 atom stereocenters. The number of carbonyl (C=O) groups is 1. The molecule has 4 rings (SSSR count). The normalized spacial score (nSPS) is 11.3. The number of amides is 1. The molecule has 0 bridgehead atoms. The molecule has 1 amide bonds. The van der Waals surface area contributed by atoms with Crippen molar-refractivity contribution in [2.75, 3.05) is 0 Å². The SMILES string of the molecule is CCCc1c[c]c2c3c(C(N)=O)cccc3n(Cc3ccc(C)cc3)c2c1. The fourth-order valence-electron chi connectivity index (χ4n) is 3.78. The van der Waals surface area contributed by atoms with Crippen LogP contribution in [0.5, 0.6) is 0 Å². The van der Waals surface area contributed by atoms with E-state index in [9.17, 15) is 4.79 Å². The zero-order valence-electron chi connectivity index (χ0n) is 15.8. The van der Waals surface area contributed by atoms with E-state index >= 15 is 0 Å². The Morgan fingerprint density at radius 3 is 2.56 bits per heavy atom. The Morgan fingerprint density at radius 2 is 1.85 bits per heavy atom. The number of carbonyl (C=O) groups excluding carboxylic acids is 1. The largest absolute Gasteiger partial charge is 0.366 e. The van der Waals surface area contributed by atoms with Crippen molar-refractivity contribution in [3.05, 3.63) is 82.9 Å². The van der Waals surface area contributed by atoms with E-state index in [1.807, 2.05) is 12.1 Å². The number of hydrogen-bond donors (Lipinski definition) is 1. The second-order valence-electron chi connectivity index (χ2n) is 7.15. The fraction of sp³-hybridized carbons (Fsp3) is 0.208. The summed E-state index contributed by atoms with van der Waals surface area (Å²) in [6.07, 6.45) is 2.10.